The maximum Gasteiger partial charge on any atom is 0.326 e. The first-order valence-electron chi connectivity index (χ1n) is 12.4. The maximum absolute atomic E-state index is 13.1. The van der Waals surface area contributed by atoms with Crippen LogP contribution in [0.5, 0.6) is 5.75 Å². The summed E-state index contributed by atoms with van der Waals surface area (Å²) in [5.41, 5.74) is 11.9. The van der Waals surface area contributed by atoms with Gasteiger partial charge < -0.3 is 42.7 Å². The predicted octanol–water partition coefficient (Wildman–Crippen LogP) is -0.643. The number of rotatable bonds is 16. The summed E-state index contributed by atoms with van der Waals surface area (Å²) in [7, 11) is 0. The van der Waals surface area contributed by atoms with Crippen LogP contribution >= 0.6 is 0 Å². The molecule has 0 aliphatic carbocycles. The van der Waals surface area contributed by atoms with Crippen LogP contribution < -0.4 is 27.4 Å². The molecule has 1 aromatic carbocycles. The lowest BCUT2D eigenvalue weighted by molar-refractivity contribution is -0.142. The molecule has 0 bridgehead atoms. The van der Waals surface area contributed by atoms with E-state index in [4.69, 9.17) is 11.5 Å². The minimum atomic E-state index is -1.40. The van der Waals surface area contributed by atoms with E-state index in [0.29, 0.717) is 31.4 Å². The van der Waals surface area contributed by atoms with Gasteiger partial charge in [0.25, 0.3) is 0 Å². The Hall–Kier alpha value is -3.22. The van der Waals surface area contributed by atoms with E-state index in [1.54, 1.807) is 12.1 Å². The zero-order valence-electron chi connectivity index (χ0n) is 21.6. The molecule has 0 fully saturated rings. The number of hydrogen-bond donors (Lipinski definition) is 8. The first-order chi connectivity index (χ1) is 17.3. The van der Waals surface area contributed by atoms with Crippen LogP contribution in [0.2, 0.25) is 0 Å². The molecule has 0 heterocycles. The lowest BCUT2D eigenvalue weighted by Crippen LogP contribution is -2.60. The Bertz CT molecular complexity index is 892. The van der Waals surface area contributed by atoms with E-state index in [9.17, 15) is 34.5 Å². The number of phenols is 1. The molecule has 0 saturated carbocycles. The normalized spacial score (nSPS) is 15.2. The quantitative estimate of drug-likeness (QED) is 0.129. The molecule has 12 nitrogen and oxygen atoms in total. The highest BCUT2D eigenvalue weighted by atomic mass is 16.4. The van der Waals surface area contributed by atoms with Crippen molar-refractivity contribution < 1.29 is 34.5 Å². The van der Waals surface area contributed by atoms with Gasteiger partial charge in [0.15, 0.2) is 0 Å². The van der Waals surface area contributed by atoms with Crippen LogP contribution in [0.25, 0.3) is 0 Å². The summed E-state index contributed by atoms with van der Waals surface area (Å²) in [5, 5.41) is 36.6. The molecule has 37 heavy (non-hydrogen) atoms. The number of nitrogens with two attached hydrogens (primary N) is 2. The molecule has 12 heteroatoms. The number of aromatic hydroxyl groups is 1. The molecule has 10 N–H and O–H groups in total. The first-order valence-corrected chi connectivity index (χ1v) is 12.4. The van der Waals surface area contributed by atoms with Gasteiger partial charge in [-0.2, -0.15) is 0 Å². The number of phenolic OH excluding ortho intramolecular Hbond substituents is 1. The van der Waals surface area contributed by atoms with Crippen molar-refractivity contribution in [3.8, 4) is 5.75 Å². The molecule has 5 atom stereocenters. The summed E-state index contributed by atoms with van der Waals surface area (Å²) in [5.74, 6) is -3.31. The second-order valence-corrected chi connectivity index (χ2v) is 9.58. The number of aliphatic hydroxyl groups is 1. The summed E-state index contributed by atoms with van der Waals surface area (Å²) >= 11 is 0. The molecule has 0 aliphatic heterocycles. The second-order valence-electron chi connectivity index (χ2n) is 9.58. The van der Waals surface area contributed by atoms with Crippen LogP contribution in [-0.2, 0) is 25.6 Å². The number of benzene rings is 1. The van der Waals surface area contributed by atoms with Crippen molar-refractivity contribution in [2.24, 2.45) is 17.4 Å². The van der Waals surface area contributed by atoms with E-state index in [1.807, 2.05) is 13.8 Å². The Morgan fingerprint density at radius 1 is 0.892 bits per heavy atom. The number of hydrogen-bond acceptors (Lipinski definition) is 8. The van der Waals surface area contributed by atoms with Crippen LogP contribution in [0.3, 0.4) is 0 Å². The van der Waals surface area contributed by atoms with Gasteiger partial charge in [-0.25, -0.2) is 4.79 Å². The minimum absolute atomic E-state index is 0.00856. The van der Waals surface area contributed by atoms with Gasteiger partial charge in [-0.1, -0.05) is 26.0 Å². The molecule has 0 aliphatic rings. The Balaban J connectivity index is 3.10. The molecule has 3 amide bonds. The van der Waals surface area contributed by atoms with Crippen LogP contribution in [0.4, 0.5) is 0 Å². The fraction of sp³-hybridized carbons (Fsp3) is 0.600. The van der Waals surface area contributed by atoms with Gasteiger partial charge in [-0.15, -0.1) is 0 Å². The Morgan fingerprint density at radius 3 is 2.00 bits per heavy atom. The van der Waals surface area contributed by atoms with Crippen molar-refractivity contribution in [1.82, 2.24) is 16.0 Å². The lowest BCUT2D eigenvalue weighted by atomic mass is 10.0. The average molecular weight is 524 g/mol. The van der Waals surface area contributed by atoms with E-state index >= 15 is 0 Å². The van der Waals surface area contributed by atoms with Crippen molar-refractivity contribution in [1.29, 1.82) is 0 Å². The van der Waals surface area contributed by atoms with Crippen LogP contribution in [0.15, 0.2) is 24.3 Å². The van der Waals surface area contributed by atoms with Crippen LogP contribution in [0, 0.1) is 5.92 Å². The Labute approximate surface area is 217 Å². The lowest BCUT2D eigenvalue weighted by Gasteiger charge is -2.27. The summed E-state index contributed by atoms with van der Waals surface area (Å²) in [6.07, 6.45) is 0.235. The SMILES string of the molecule is CC(C)CC(N)C(=O)NC(C(=O)NC(Cc1ccc(O)cc1)C(=O)NC(CCCCN)C(=O)O)C(C)O. The van der Waals surface area contributed by atoms with Gasteiger partial charge in [0, 0.05) is 6.42 Å². The first kappa shape index (κ1) is 31.8. The number of carbonyl (C=O) groups excluding carboxylic acids is 3. The van der Waals surface area contributed by atoms with Gasteiger partial charge in [0.2, 0.25) is 17.7 Å². The number of nitrogens with one attached hydrogen (secondary N) is 3. The summed E-state index contributed by atoms with van der Waals surface area (Å²) in [4.78, 5) is 50.3. The minimum Gasteiger partial charge on any atom is -0.508 e. The molecule has 208 valence electrons. The fourth-order valence-electron chi connectivity index (χ4n) is 3.64. The number of carbonyl (C=O) groups is 4. The predicted molar refractivity (Wildman–Crippen MR) is 137 cm³/mol. The fourth-order valence-corrected chi connectivity index (χ4v) is 3.64. The highest BCUT2D eigenvalue weighted by Gasteiger charge is 2.32. The van der Waals surface area contributed by atoms with Crippen molar-refractivity contribution in [3.05, 3.63) is 29.8 Å². The van der Waals surface area contributed by atoms with E-state index in [-0.39, 0.29) is 24.5 Å². The van der Waals surface area contributed by atoms with E-state index < -0.39 is 54.0 Å². The number of aliphatic hydroxyl groups excluding tert-OH is 1. The monoisotopic (exact) mass is 523 g/mol. The second kappa shape index (κ2) is 15.8. The Kier molecular flexibility index (Phi) is 13.6. The highest BCUT2D eigenvalue weighted by Crippen LogP contribution is 2.12. The van der Waals surface area contributed by atoms with Gasteiger partial charge in [-0.05, 0) is 62.8 Å². The zero-order valence-corrected chi connectivity index (χ0v) is 21.6. The number of carboxylic acids is 1. The van der Waals surface area contributed by atoms with Crippen molar-refractivity contribution >= 4 is 23.7 Å². The van der Waals surface area contributed by atoms with Crippen molar-refractivity contribution in [2.45, 2.75) is 83.1 Å². The zero-order chi connectivity index (χ0) is 28.1. The van der Waals surface area contributed by atoms with Gasteiger partial charge >= 0.3 is 5.97 Å². The van der Waals surface area contributed by atoms with Crippen molar-refractivity contribution in [2.75, 3.05) is 6.54 Å². The third kappa shape index (κ3) is 11.6. The van der Waals surface area contributed by atoms with Crippen LogP contribution in [-0.4, -0.2) is 75.8 Å². The maximum atomic E-state index is 13.1. The molecular formula is C25H41N5O7. The standard InChI is InChI=1S/C25H41N5O7/c1-14(2)12-18(27)22(33)30-21(15(3)31)24(35)29-20(13-16-7-9-17(32)10-8-16)23(34)28-19(25(36)37)6-4-5-11-26/h7-10,14-15,18-21,31-32H,4-6,11-13,26-27H2,1-3H3,(H,28,34)(H,29,35)(H,30,33)(H,36,37). The molecule has 0 aromatic heterocycles. The van der Waals surface area contributed by atoms with E-state index in [0.717, 1.165) is 0 Å². The summed E-state index contributed by atoms with van der Waals surface area (Å²) in [6, 6.07) is 1.20. The number of aliphatic carboxylic acids is 1. The highest BCUT2D eigenvalue weighted by molar-refractivity contribution is 5.94. The third-order valence-corrected chi connectivity index (χ3v) is 5.70. The van der Waals surface area contributed by atoms with Crippen LogP contribution in [0.1, 0.15) is 52.0 Å². The number of carboxylic acid groups (broad SMARTS) is 1. The molecule has 5 unspecified atom stereocenters. The van der Waals surface area contributed by atoms with Gasteiger partial charge in [0.1, 0.15) is 23.9 Å². The largest absolute Gasteiger partial charge is 0.508 e. The number of unbranched alkanes of at least 4 members (excludes halogenated alkanes) is 1. The summed E-state index contributed by atoms with van der Waals surface area (Å²) < 4.78 is 0. The molecule has 1 rings (SSSR count). The van der Waals surface area contributed by atoms with Gasteiger partial charge in [-0.3, -0.25) is 14.4 Å². The summed E-state index contributed by atoms with van der Waals surface area (Å²) in [6.45, 7) is 5.47. The Morgan fingerprint density at radius 2 is 1.49 bits per heavy atom. The van der Waals surface area contributed by atoms with E-state index in [2.05, 4.69) is 16.0 Å². The number of amides is 3. The molecule has 1 aromatic rings. The van der Waals surface area contributed by atoms with Gasteiger partial charge in [0.05, 0.1) is 12.1 Å². The van der Waals surface area contributed by atoms with Crippen molar-refractivity contribution in [3.63, 3.8) is 0 Å². The molecular weight excluding hydrogens is 482 g/mol. The van der Waals surface area contributed by atoms with E-state index in [1.165, 1.54) is 19.1 Å². The molecule has 0 spiro atoms. The smallest absolute Gasteiger partial charge is 0.326 e. The average Bonchev–Trinajstić information content (AvgIpc) is 2.81. The molecule has 0 saturated heterocycles. The molecule has 0 radical (unpaired) electrons. The topological polar surface area (TPSA) is 217 Å². The third-order valence-electron chi connectivity index (χ3n) is 5.70.